The fourth-order valence-corrected chi connectivity index (χ4v) is 1.40. The number of amides is 2. The van der Waals surface area contributed by atoms with Crippen LogP contribution in [0.5, 0.6) is 0 Å². The Kier molecular flexibility index (Phi) is 5.99. The number of nitro groups is 1. The topological polar surface area (TPSA) is 119 Å². The molecule has 1 aromatic carbocycles. The summed E-state index contributed by atoms with van der Waals surface area (Å²) in [6, 6.07) is 5.24. The van der Waals surface area contributed by atoms with Crippen LogP contribution in [0, 0.1) is 10.1 Å². The number of hydrogen-bond acceptors (Lipinski definition) is 6. The van der Waals surface area contributed by atoms with Gasteiger partial charge in [-0.25, -0.2) is 4.79 Å². The number of nitro benzene ring substituents is 1. The summed E-state index contributed by atoms with van der Waals surface area (Å²) in [5, 5.41) is 13.0. The van der Waals surface area contributed by atoms with Gasteiger partial charge in [-0.15, -0.1) is 0 Å². The minimum atomic E-state index is -0.985. The summed E-state index contributed by atoms with van der Waals surface area (Å²) in [4.78, 5) is 45.8. The van der Waals surface area contributed by atoms with Crippen molar-refractivity contribution in [1.29, 1.82) is 0 Å². The Morgan fingerprint density at radius 1 is 1.27 bits per heavy atom. The number of ether oxygens (including phenoxy) is 1. The third kappa shape index (κ3) is 4.85. The Morgan fingerprint density at radius 2 is 1.91 bits per heavy atom. The molecule has 0 spiro atoms. The Hall–Kier alpha value is -2.97. The predicted octanol–water partition coefficient (Wildman–Crippen LogP) is -0.0440. The molecule has 0 aliphatic carbocycles. The van der Waals surface area contributed by atoms with Crippen molar-refractivity contribution in [1.82, 2.24) is 10.2 Å². The monoisotopic (exact) mass is 309 g/mol. The molecule has 0 saturated carbocycles. The van der Waals surface area contributed by atoms with Crippen molar-refractivity contribution < 1.29 is 24.0 Å². The lowest BCUT2D eigenvalue weighted by Gasteiger charge is -2.11. The first kappa shape index (κ1) is 17.1. The summed E-state index contributed by atoms with van der Waals surface area (Å²) in [5.41, 5.74) is -0.652. The number of hydrogen-bond donors (Lipinski definition) is 1. The van der Waals surface area contributed by atoms with Gasteiger partial charge in [0.05, 0.1) is 11.5 Å². The van der Waals surface area contributed by atoms with Crippen LogP contribution in [-0.4, -0.2) is 54.9 Å². The third-order valence-corrected chi connectivity index (χ3v) is 2.59. The largest absolute Gasteiger partial charge is 0.452 e. The first-order valence-electron chi connectivity index (χ1n) is 6.20. The fraction of sp³-hybridized carbons (Fsp3) is 0.308. The van der Waals surface area contributed by atoms with Crippen molar-refractivity contribution in [2.75, 3.05) is 27.2 Å². The van der Waals surface area contributed by atoms with Crippen LogP contribution in [0.1, 0.15) is 10.4 Å². The van der Waals surface area contributed by atoms with Crippen LogP contribution in [-0.2, 0) is 14.3 Å². The maximum absolute atomic E-state index is 11.7. The van der Waals surface area contributed by atoms with Crippen LogP contribution >= 0.6 is 0 Å². The molecule has 2 amide bonds. The summed E-state index contributed by atoms with van der Waals surface area (Å²) in [5.74, 6) is -1.98. The molecule has 22 heavy (non-hydrogen) atoms. The Labute approximate surface area is 126 Å². The van der Waals surface area contributed by atoms with Crippen LogP contribution < -0.4 is 5.32 Å². The zero-order chi connectivity index (χ0) is 16.7. The van der Waals surface area contributed by atoms with E-state index in [1.807, 2.05) is 0 Å². The lowest BCUT2D eigenvalue weighted by Crippen LogP contribution is -2.38. The average molecular weight is 309 g/mol. The SMILES string of the molecule is CN(C)C(=O)CNC(=O)COC(=O)c1ccccc1[N+](=O)[O-]. The van der Waals surface area contributed by atoms with Crippen molar-refractivity contribution in [3.63, 3.8) is 0 Å². The van der Waals surface area contributed by atoms with Gasteiger partial charge in [-0.2, -0.15) is 0 Å². The second-order valence-electron chi connectivity index (χ2n) is 4.42. The van der Waals surface area contributed by atoms with Crippen molar-refractivity contribution in [3.05, 3.63) is 39.9 Å². The molecule has 0 heterocycles. The summed E-state index contributed by atoms with van der Waals surface area (Å²) < 4.78 is 4.69. The van der Waals surface area contributed by atoms with Gasteiger partial charge in [0.2, 0.25) is 5.91 Å². The molecule has 9 heteroatoms. The summed E-state index contributed by atoms with van der Waals surface area (Å²) in [6.07, 6.45) is 0. The van der Waals surface area contributed by atoms with E-state index >= 15 is 0 Å². The highest BCUT2D eigenvalue weighted by Gasteiger charge is 2.21. The molecule has 0 aliphatic rings. The molecule has 0 aliphatic heterocycles. The number of likely N-dealkylation sites (N-methyl/N-ethyl adjacent to an activating group) is 1. The number of carbonyl (C=O) groups excluding carboxylic acids is 3. The van der Waals surface area contributed by atoms with Crippen LogP contribution in [0.15, 0.2) is 24.3 Å². The number of benzene rings is 1. The van der Waals surface area contributed by atoms with Gasteiger partial charge in [0.1, 0.15) is 5.56 Å². The van der Waals surface area contributed by atoms with Crippen LogP contribution in [0.4, 0.5) is 5.69 Å². The number of para-hydroxylation sites is 1. The highest BCUT2D eigenvalue weighted by molar-refractivity contribution is 5.95. The number of rotatable bonds is 6. The van der Waals surface area contributed by atoms with Gasteiger partial charge < -0.3 is 15.0 Å². The van der Waals surface area contributed by atoms with Crippen molar-refractivity contribution >= 4 is 23.5 Å². The lowest BCUT2D eigenvalue weighted by molar-refractivity contribution is -0.385. The van der Waals surface area contributed by atoms with Gasteiger partial charge in [-0.3, -0.25) is 19.7 Å². The van der Waals surface area contributed by atoms with Crippen LogP contribution in [0.3, 0.4) is 0 Å². The van der Waals surface area contributed by atoms with Crippen LogP contribution in [0.2, 0.25) is 0 Å². The fourth-order valence-electron chi connectivity index (χ4n) is 1.40. The number of nitrogens with one attached hydrogen (secondary N) is 1. The molecule has 0 unspecified atom stereocenters. The smallest absolute Gasteiger partial charge is 0.345 e. The molecule has 0 aromatic heterocycles. The molecule has 1 rings (SSSR count). The summed E-state index contributed by atoms with van der Waals surface area (Å²) >= 11 is 0. The van der Waals surface area contributed by atoms with E-state index in [1.165, 1.54) is 37.2 Å². The maximum atomic E-state index is 11.7. The molecular formula is C13H15N3O6. The van der Waals surface area contributed by atoms with Gasteiger partial charge in [-0.1, -0.05) is 12.1 Å². The molecule has 0 radical (unpaired) electrons. The van der Waals surface area contributed by atoms with E-state index < -0.39 is 29.1 Å². The average Bonchev–Trinajstić information content (AvgIpc) is 2.49. The van der Waals surface area contributed by atoms with E-state index in [4.69, 9.17) is 4.74 Å². The Morgan fingerprint density at radius 3 is 2.50 bits per heavy atom. The normalized spacial score (nSPS) is 9.73. The Balaban J connectivity index is 2.55. The van der Waals surface area contributed by atoms with Crippen molar-refractivity contribution in [2.24, 2.45) is 0 Å². The summed E-state index contributed by atoms with van der Waals surface area (Å²) in [7, 11) is 3.06. The zero-order valence-corrected chi connectivity index (χ0v) is 12.1. The zero-order valence-electron chi connectivity index (χ0n) is 12.1. The molecule has 1 N–H and O–H groups in total. The molecule has 0 fully saturated rings. The van der Waals surface area contributed by atoms with Gasteiger partial charge in [0.15, 0.2) is 6.61 Å². The van der Waals surface area contributed by atoms with E-state index in [1.54, 1.807) is 0 Å². The second kappa shape index (κ2) is 7.72. The van der Waals surface area contributed by atoms with Crippen molar-refractivity contribution in [2.45, 2.75) is 0 Å². The number of esters is 1. The first-order valence-corrected chi connectivity index (χ1v) is 6.20. The van der Waals surface area contributed by atoms with E-state index in [9.17, 15) is 24.5 Å². The highest BCUT2D eigenvalue weighted by Crippen LogP contribution is 2.18. The predicted molar refractivity (Wildman–Crippen MR) is 75.1 cm³/mol. The summed E-state index contributed by atoms with van der Waals surface area (Å²) in [6.45, 7) is -0.861. The lowest BCUT2D eigenvalue weighted by atomic mass is 10.2. The molecule has 0 bridgehead atoms. The molecular weight excluding hydrogens is 294 g/mol. The maximum Gasteiger partial charge on any atom is 0.345 e. The standard InChI is InChI=1S/C13H15N3O6/c1-15(2)12(18)7-14-11(17)8-22-13(19)9-5-3-4-6-10(9)16(20)21/h3-6H,7-8H2,1-2H3,(H,14,17). The van der Waals surface area contributed by atoms with E-state index in [2.05, 4.69) is 5.32 Å². The van der Waals surface area contributed by atoms with Gasteiger partial charge in [0, 0.05) is 20.2 Å². The van der Waals surface area contributed by atoms with Gasteiger partial charge in [0.25, 0.3) is 11.6 Å². The first-order chi connectivity index (χ1) is 10.3. The Bertz CT molecular complexity index is 599. The molecule has 9 nitrogen and oxygen atoms in total. The van der Waals surface area contributed by atoms with E-state index in [0.717, 1.165) is 6.07 Å². The van der Waals surface area contributed by atoms with Crippen LogP contribution in [0.25, 0.3) is 0 Å². The van der Waals surface area contributed by atoms with Crippen molar-refractivity contribution in [3.8, 4) is 0 Å². The minimum Gasteiger partial charge on any atom is -0.452 e. The minimum absolute atomic E-state index is 0.227. The molecule has 0 atom stereocenters. The van der Waals surface area contributed by atoms with Gasteiger partial charge in [-0.05, 0) is 6.07 Å². The number of carbonyl (C=O) groups is 3. The number of nitrogens with zero attached hydrogens (tertiary/aromatic N) is 2. The quantitative estimate of drug-likeness (QED) is 0.447. The molecule has 0 saturated heterocycles. The second-order valence-corrected chi connectivity index (χ2v) is 4.42. The molecule has 1 aromatic rings. The van der Waals surface area contributed by atoms with E-state index in [0.29, 0.717) is 0 Å². The molecule has 118 valence electrons. The highest BCUT2D eigenvalue weighted by atomic mass is 16.6. The third-order valence-electron chi connectivity index (χ3n) is 2.59. The van der Waals surface area contributed by atoms with E-state index in [-0.39, 0.29) is 18.0 Å². The van der Waals surface area contributed by atoms with Gasteiger partial charge >= 0.3 is 5.97 Å².